The van der Waals surface area contributed by atoms with Crippen molar-refractivity contribution < 1.29 is 0 Å². The minimum absolute atomic E-state index is 0.526. The lowest BCUT2D eigenvalue weighted by atomic mass is 10.0. The minimum atomic E-state index is 0.526. The predicted molar refractivity (Wildman–Crippen MR) is 69.9 cm³/mol. The van der Waals surface area contributed by atoms with E-state index >= 15 is 0 Å². The summed E-state index contributed by atoms with van der Waals surface area (Å²) >= 11 is 1.83. The number of nitrogens with one attached hydrogen (secondary N) is 1. The number of nitrogens with zero attached hydrogens (tertiary/aromatic N) is 1. The molecule has 3 heteroatoms. The van der Waals surface area contributed by atoms with Gasteiger partial charge in [-0.05, 0) is 38.1 Å². The summed E-state index contributed by atoms with van der Waals surface area (Å²) in [4.78, 5) is 4.76. The van der Waals surface area contributed by atoms with E-state index in [9.17, 15) is 0 Å². The Hall–Kier alpha value is -0.410. The highest BCUT2D eigenvalue weighted by atomic mass is 32.1. The molecule has 1 fully saturated rings. The van der Waals surface area contributed by atoms with E-state index in [0.717, 1.165) is 18.9 Å². The van der Waals surface area contributed by atoms with Gasteiger partial charge in [-0.25, -0.2) is 4.98 Å². The van der Waals surface area contributed by atoms with Gasteiger partial charge in [-0.3, -0.25) is 0 Å². The second-order valence-corrected chi connectivity index (χ2v) is 6.04. The molecule has 0 amide bonds. The fraction of sp³-hybridized carbons (Fsp3) is 0.769. The predicted octanol–water partition coefficient (Wildman–Crippen LogP) is 3.55. The maximum Gasteiger partial charge on any atom is 0.0929 e. The van der Waals surface area contributed by atoms with E-state index in [1.54, 1.807) is 0 Å². The van der Waals surface area contributed by atoms with E-state index in [1.807, 2.05) is 11.3 Å². The van der Waals surface area contributed by atoms with Crippen LogP contribution in [0, 0.1) is 5.92 Å². The van der Waals surface area contributed by atoms with E-state index in [-0.39, 0.29) is 0 Å². The molecule has 0 spiro atoms. The number of piperidine rings is 1. The minimum Gasteiger partial charge on any atom is -0.309 e. The first kappa shape index (κ1) is 12.1. The van der Waals surface area contributed by atoms with Crippen LogP contribution < -0.4 is 5.32 Å². The van der Waals surface area contributed by atoms with Crippen LogP contribution in [0.15, 0.2) is 5.38 Å². The topological polar surface area (TPSA) is 24.9 Å². The maximum absolute atomic E-state index is 4.76. The zero-order valence-corrected chi connectivity index (χ0v) is 11.1. The first-order valence-corrected chi connectivity index (χ1v) is 7.31. The van der Waals surface area contributed by atoms with Crippen molar-refractivity contribution in [3.05, 3.63) is 16.1 Å². The number of thiazole rings is 1. The normalized spacial score (nSPS) is 21.6. The molecule has 1 atom stereocenters. The highest BCUT2D eigenvalue weighted by Gasteiger charge is 2.17. The van der Waals surface area contributed by atoms with Crippen molar-refractivity contribution in [1.82, 2.24) is 10.3 Å². The van der Waals surface area contributed by atoms with Crippen LogP contribution in [-0.2, 0) is 6.42 Å². The molecule has 0 aliphatic carbocycles. The zero-order chi connectivity index (χ0) is 11.4. The molecular weight excluding hydrogens is 216 g/mol. The Morgan fingerprint density at radius 2 is 2.38 bits per heavy atom. The lowest BCUT2D eigenvalue weighted by Gasteiger charge is -2.21. The summed E-state index contributed by atoms with van der Waals surface area (Å²) in [5.41, 5.74) is 1.28. The van der Waals surface area contributed by atoms with Crippen molar-refractivity contribution in [3.63, 3.8) is 0 Å². The summed E-state index contributed by atoms with van der Waals surface area (Å²) in [7, 11) is 0. The molecule has 1 aromatic heterocycles. The van der Waals surface area contributed by atoms with Gasteiger partial charge in [0.25, 0.3) is 0 Å². The van der Waals surface area contributed by atoms with Gasteiger partial charge in [0.05, 0.1) is 16.7 Å². The highest BCUT2D eigenvalue weighted by Crippen LogP contribution is 2.25. The third-order valence-corrected chi connectivity index (χ3v) is 4.10. The molecule has 0 bridgehead atoms. The third kappa shape index (κ3) is 3.29. The van der Waals surface area contributed by atoms with Crippen LogP contribution in [0.25, 0.3) is 0 Å². The monoisotopic (exact) mass is 238 g/mol. The molecule has 1 aliphatic heterocycles. The second kappa shape index (κ2) is 5.78. The van der Waals surface area contributed by atoms with Gasteiger partial charge in [-0.15, -0.1) is 11.3 Å². The maximum atomic E-state index is 4.76. The number of hydrogen-bond acceptors (Lipinski definition) is 3. The van der Waals surface area contributed by atoms with Crippen molar-refractivity contribution in [1.29, 1.82) is 0 Å². The molecule has 2 heterocycles. The summed E-state index contributed by atoms with van der Waals surface area (Å²) in [5, 5.41) is 7.12. The van der Waals surface area contributed by atoms with Gasteiger partial charge in [0.15, 0.2) is 0 Å². The Balaban J connectivity index is 1.90. The average Bonchev–Trinajstić information content (AvgIpc) is 2.76. The fourth-order valence-electron chi connectivity index (χ4n) is 2.12. The van der Waals surface area contributed by atoms with E-state index < -0.39 is 0 Å². The van der Waals surface area contributed by atoms with Crippen molar-refractivity contribution in [2.24, 2.45) is 5.92 Å². The number of aryl methyl sites for hydroxylation is 1. The smallest absolute Gasteiger partial charge is 0.0929 e. The lowest BCUT2D eigenvalue weighted by molar-refractivity contribution is 0.406. The molecule has 1 N–H and O–H groups in total. The largest absolute Gasteiger partial charge is 0.309 e. The summed E-state index contributed by atoms with van der Waals surface area (Å²) in [6, 6.07) is 0.526. The van der Waals surface area contributed by atoms with Crippen molar-refractivity contribution in [3.8, 4) is 0 Å². The number of rotatable bonds is 4. The van der Waals surface area contributed by atoms with Gasteiger partial charge in [-0.1, -0.05) is 20.3 Å². The standard InChI is InChI=1S/C13H22N2S/c1-10(2)6-7-13-15-12(9-16-13)11-5-3-4-8-14-11/h9-11,14H,3-8H2,1-2H3. The fourth-order valence-corrected chi connectivity index (χ4v) is 2.98. The van der Waals surface area contributed by atoms with Gasteiger partial charge in [0.1, 0.15) is 0 Å². The van der Waals surface area contributed by atoms with E-state index in [2.05, 4.69) is 24.5 Å². The molecule has 1 aliphatic rings. The van der Waals surface area contributed by atoms with Crippen LogP contribution in [0.1, 0.15) is 56.3 Å². The van der Waals surface area contributed by atoms with Crippen LogP contribution in [0.4, 0.5) is 0 Å². The molecular formula is C13H22N2S. The Bertz CT molecular complexity index is 313. The summed E-state index contributed by atoms with van der Waals surface area (Å²) < 4.78 is 0. The molecule has 2 rings (SSSR count). The molecule has 0 aromatic carbocycles. The molecule has 0 saturated carbocycles. The molecule has 16 heavy (non-hydrogen) atoms. The summed E-state index contributed by atoms with van der Waals surface area (Å²) in [6.45, 7) is 5.71. The molecule has 90 valence electrons. The van der Waals surface area contributed by atoms with E-state index in [0.29, 0.717) is 6.04 Å². The van der Waals surface area contributed by atoms with Gasteiger partial charge in [0.2, 0.25) is 0 Å². The summed E-state index contributed by atoms with van der Waals surface area (Å²) in [5.74, 6) is 0.778. The zero-order valence-electron chi connectivity index (χ0n) is 10.3. The van der Waals surface area contributed by atoms with Crippen LogP contribution in [-0.4, -0.2) is 11.5 Å². The van der Waals surface area contributed by atoms with Crippen molar-refractivity contribution in [2.75, 3.05) is 6.54 Å². The Morgan fingerprint density at radius 3 is 3.06 bits per heavy atom. The lowest BCUT2D eigenvalue weighted by Crippen LogP contribution is -2.26. The Kier molecular flexibility index (Phi) is 4.36. The summed E-state index contributed by atoms with van der Waals surface area (Å²) in [6.07, 6.45) is 6.32. The molecule has 1 unspecified atom stereocenters. The van der Waals surface area contributed by atoms with Crippen LogP contribution in [0.3, 0.4) is 0 Å². The molecule has 2 nitrogen and oxygen atoms in total. The highest BCUT2D eigenvalue weighted by molar-refractivity contribution is 7.09. The second-order valence-electron chi connectivity index (χ2n) is 5.10. The quantitative estimate of drug-likeness (QED) is 0.867. The first-order valence-electron chi connectivity index (χ1n) is 6.43. The van der Waals surface area contributed by atoms with Crippen LogP contribution >= 0.6 is 11.3 Å². The third-order valence-electron chi connectivity index (χ3n) is 3.17. The average molecular weight is 238 g/mol. The van der Waals surface area contributed by atoms with E-state index in [1.165, 1.54) is 36.4 Å². The van der Waals surface area contributed by atoms with Crippen molar-refractivity contribution >= 4 is 11.3 Å². The molecule has 1 saturated heterocycles. The number of hydrogen-bond donors (Lipinski definition) is 1. The Labute approximate surface area is 102 Å². The van der Waals surface area contributed by atoms with Gasteiger partial charge < -0.3 is 5.32 Å². The SMILES string of the molecule is CC(C)CCc1nc(C2CCCCN2)cs1. The molecule has 0 radical (unpaired) electrons. The van der Waals surface area contributed by atoms with Crippen LogP contribution in [0.2, 0.25) is 0 Å². The van der Waals surface area contributed by atoms with E-state index in [4.69, 9.17) is 4.98 Å². The first-order chi connectivity index (χ1) is 7.75. The van der Waals surface area contributed by atoms with Crippen LogP contribution in [0.5, 0.6) is 0 Å². The van der Waals surface area contributed by atoms with Gasteiger partial charge in [-0.2, -0.15) is 0 Å². The number of aromatic nitrogens is 1. The Morgan fingerprint density at radius 1 is 1.50 bits per heavy atom. The van der Waals surface area contributed by atoms with Crippen molar-refractivity contribution in [2.45, 2.75) is 52.0 Å². The molecule has 1 aromatic rings. The van der Waals surface area contributed by atoms with Gasteiger partial charge >= 0.3 is 0 Å². The van der Waals surface area contributed by atoms with Gasteiger partial charge in [0, 0.05) is 5.38 Å².